The summed E-state index contributed by atoms with van der Waals surface area (Å²) in [6, 6.07) is 4.20. The number of aromatic nitrogens is 2. The summed E-state index contributed by atoms with van der Waals surface area (Å²) >= 11 is 7.67. The summed E-state index contributed by atoms with van der Waals surface area (Å²) in [6.07, 6.45) is 4.72. The first-order chi connectivity index (χ1) is 9.20. The maximum absolute atomic E-state index is 6.06. The molecule has 3 nitrogen and oxygen atoms in total. The molecule has 0 radical (unpaired) electrons. The Morgan fingerprint density at radius 3 is 2.89 bits per heavy atom. The number of hydrogen-bond acceptors (Lipinski definition) is 3. The predicted molar refractivity (Wildman–Crippen MR) is 80.1 cm³/mol. The number of nitrogens with two attached hydrogens (primary N) is 1. The van der Waals surface area contributed by atoms with Crippen LogP contribution in [0.2, 0.25) is 4.34 Å². The Labute approximate surface area is 122 Å². The van der Waals surface area contributed by atoms with Crippen molar-refractivity contribution < 1.29 is 0 Å². The first kappa shape index (κ1) is 13.2. The number of halogens is 1. The van der Waals surface area contributed by atoms with Gasteiger partial charge in [-0.15, -0.1) is 11.3 Å². The molecule has 1 atom stereocenters. The molecule has 0 spiro atoms. The minimum Gasteiger partial charge on any atom is -0.328 e. The normalized spacial score (nSPS) is 16.4. The number of fused-ring (bicyclic) bond motifs is 1. The van der Waals surface area contributed by atoms with E-state index in [2.05, 4.69) is 17.6 Å². The summed E-state index contributed by atoms with van der Waals surface area (Å²) in [5, 5.41) is 0. The highest BCUT2D eigenvalue weighted by atomic mass is 35.5. The minimum absolute atomic E-state index is 0.173. The molecule has 5 heteroatoms. The maximum atomic E-state index is 6.06. The molecule has 2 heterocycles. The van der Waals surface area contributed by atoms with Crippen LogP contribution in [0.4, 0.5) is 0 Å². The number of nitrogens with zero attached hydrogens (tertiary/aromatic N) is 2. The van der Waals surface area contributed by atoms with Gasteiger partial charge in [-0.2, -0.15) is 0 Å². The zero-order valence-corrected chi connectivity index (χ0v) is 12.6. The number of hydrogen-bond donors (Lipinski definition) is 1. The topological polar surface area (TPSA) is 43.8 Å². The van der Waals surface area contributed by atoms with Crippen LogP contribution in [0.25, 0.3) is 0 Å². The standard InChI is InChI=1S/C14H18ClN3S/c1-9-17-10-4-2-3-5-11(10)18(9)12(8-16)13-6-7-14(15)19-13/h6-7,12H,2-5,8,16H2,1H3. The van der Waals surface area contributed by atoms with Crippen LogP contribution in [0, 0.1) is 6.92 Å². The lowest BCUT2D eigenvalue weighted by molar-refractivity contribution is 0.543. The van der Waals surface area contributed by atoms with Gasteiger partial charge in [0.2, 0.25) is 0 Å². The van der Waals surface area contributed by atoms with Gasteiger partial charge in [0.1, 0.15) is 5.82 Å². The van der Waals surface area contributed by atoms with Crippen molar-refractivity contribution in [1.82, 2.24) is 9.55 Å². The van der Waals surface area contributed by atoms with Crippen LogP contribution in [0.3, 0.4) is 0 Å². The van der Waals surface area contributed by atoms with Crippen molar-refractivity contribution in [2.24, 2.45) is 5.73 Å². The van der Waals surface area contributed by atoms with Crippen molar-refractivity contribution in [2.45, 2.75) is 38.6 Å². The first-order valence-electron chi connectivity index (χ1n) is 6.72. The highest BCUT2D eigenvalue weighted by Crippen LogP contribution is 2.33. The molecular formula is C14H18ClN3S. The molecule has 1 unspecified atom stereocenters. The predicted octanol–water partition coefficient (Wildman–Crippen LogP) is 3.33. The molecule has 2 aromatic heterocycles. The number of imidazole rings is 1. The van der Waals surface area contributed by atoms with Gasteiger partial charge in [-0.1, -0.05) is 11.6 Å². The van der Waals surface area contributed by atoms with Crippen LogP contribution in [-0.2, 0) is 12.8 Å². The van der Waals surface area contributed by atoms with Gasteiger partial charge in [-0.05, 0) is 44.7 Å². The Bertz CT molecular complexity index is 588. The summed E-state index contributed by atoms with van der Waals surface area (Å²) in [6.45, 7) is 2.66. The van der Waals surface area contributed by atoms with E-state index in [0.29, 0.717) is 6.54 Å². The fraction of sp³-hybridized carbons (Fsp3) is 0.500. The molecule has 0 fully saturated rings. The van der Waals surface area contributed by atoms with E-state index in [1.807, 2.05) is 6.07 Å². The molecule has 102 valence electrons. The SMILES string of the molecule is Cc1nc2c(n1C(CN)c1ccc(Cl)s1)CCCC2. The Balaban J connectivity index is 2.06. The van der Waals surface area contributed by atoms with E-state index in [1.54, 1.807) is 11.3 Å². The van der Waals surface area contributed by atoms with E-state index in [1.165, 1.54) is 29.1 Å². The number of thiophene rings is 1. The number of aryl methyl sites for hydroxylation is 2. The lowest BCUT2D eigenvalue weighted by Crippen LogP contribution is -2.23. The van der Waals surface area contributed by atoms with Gasteiger partial charge >= 0.3 is 0 Å². The minimum atomic E-state index is 0.173. The van der Waals surface area contributed by atoms with Crippen LogP contribution in [0.15, 0.2) is 12.1 Å². The van der Waals surface area contributed by atoms with Crippen LogP contribution >= 0.6 is 22.9 Å². The summed E-state index contributed by atoms with van der Waals surface area (Å²) in [5.74, 6) is 1.08. The second-order valence-corrected chi connectivity index (χ2v) is 6.77. The van der Waals surface area contributed by atoms with Gasteiger partial charge in [0.25, 0.3) is 0 Å². The Morgan fingerprint density at radius 1 is 1.42 bits per heavy atom. The van der Waals surface area contributed by atoms with Crippen molar-refractivity contribution in [3.63, 3.8) is 0 Å². The average molecular weight is 296 g/mol. The van der Waals surface area contributed by atoms with Crippen LogP contribution in [0.1, 0.15) is 41.0 Å². The monoisotopic (exact) mass is 295 g/mol. The summed E-state index contributed by atoms with van der Waals surface area (Å²) in [7, 11) is 0. The quantitative estimate of drug-likeness (QED) is 0.944. The average Bonchev–Trinajstić information content (AvgIpc) is 2.96. The Hall–Kier alpha value is -0.840. The van der Waals surface area contributed by atoms with E-state index in [9.17, 15) is 0 Å². The molecule has 0 saturated heterocycles. The van der Waals surface area contributed by atoms with E-state index >= 15 is 0 Å². The fourth-order valence-electron chi connectivity index (χ4n) is 2.97. The molecule has 0 aromatic carbocycles. The Morgan fingerprint density at radius 2 is 2.21 bits per heavy atom. The van der Waals surface area contributed by atoms with Gasteiger partial charge in [-0.3, -0.25) is 0 Å². The summed E-state index contributed by atoms with van der Waals surface area (Å²) in [5.41, 5.74) is 8.67. The van der Waals surface area contributed by atoms with Crippen LogP contribution < -0.4 is 5.73 Å². The third kappa shape index (κ3) is 2.33. The zero-order chi connectivity index (χ0) is 13.4. The molecule has 2 aromatic rings. The van der Waals surface area contributed by atoms with Crippen molar-refractivity contribution >= 4 is 22.9 Å². The van der Waals surface area contributed by atoms with Crippen molar-refractivity contribution in [2.75, 3.05) is 6.54 Å². The first-order valence-corrected chi connectivity index (χ1v) is 7.92. The molecule has 0 amide bonds. The van der Waals surface area contributed by atoms with Crippen molar-refractivity contribution in [1.29, 1.82) is 0 Å². The second-order valence-electron chi connectivity index (χ2n) is 5.02. The Kier molecular flexibility index (Phi) is 3.65. The van der Waals surface area contributed by atoms with Gasteiger partial charge in [-0.25, -0.2) is 4.98 Å². The molecule has 0 bridgehead atoms. The van der Waals surface area contributed by atoms with E-state index < -0.39 is 0 Å². The summed E-state index contributed by atoms with van der Waals surface area (Å²) < 4.78 is 3.15. The molecule has 1 aliphatic rings. The van der Waals surface area contributed by atoms with Crippen LogP contribution in [-0.4, -0.2) is 16.1 Å². The van der Waals surface area contributed by atoms with E-state index in [-0.39, 0.29) is 6.04 Å². The van der Waals surface area contributed by atoms with Crippen molar-refractivity contribution in [3.8, 4) is 0 Å². The van der Waals surface area contributed by atoms with Gasteiger partial charge in [0, 0.05) is 17.1 Å². The molecule has 0 aliphatic heterocycles. The maximum Gasteiger partial charge on any atom is 0.106 e. The third-order valence-electron chi connectivity index (χ3n) is 3.80. The van der Waals surface area contributed by atoms with Gasteiger partial charge in [0.05, 0.1) is 16.1 Å². The molecular weight excluding hydrogens is 278 g/mol. The van der Waals surface area contributed by atoms with Gasteiger partial charge < -0.3 is 10.3 Å². The molecule has 0 saturated carbocycles. The molecule has 2 N–H and O–H groups in total. The fourth-order valence-corrected chi connectivity index (χ4v) is 4.13. The number of rotatable bonds is 3. The van der Waals surface area contributed by atoms with Crippen molar-refractivity contribution in [3.05, 3.63) is 38.6 Å². The second kappa shape index (κ2) is 5.27. The lowest BCUT2D eigenvalue weighted by Gasteiger charge is -2.22. The lowest BCUT2D eigenvalue weighted by atomic mass is 10.0. The van der Waals surface area contributed by atoms with Gasteiger partial charge in [0.15, 0.2) is 0 Å². The molecule has 1 aliphatic carbocycles. The highest BCUT2D eigenvalue weighted by Gasteiger charge is 2.24. The largest absolute Gasteiger partial charge is 0.328 e. The molecule has 3 rings (SSSR count). The summed E-state index contributed by atoms with van der Waals surface area (Å²) in [4.78, 5) is 5.95. The third-order valence-corrected chi connectivity index (χ3v) is 5.14. The van der Waals surface area contributed by atoms with E-state index in [4.69, 9.17) is 22.3 Å². The zero-order valence-electron chi connectivity index (χ0n) is 11.0. The van der Waals surface area contributed by atoms with Crippen LogP contribution in [0.5, 0.6) is 0 Å². The molecule has 19 heavy (non-hydrogen) atoms. The van der Waals surface area contributed by atoms with E-state index in [0.717, 1.165) is 23.0 Å². The highest BCUT2D eigenvalue weighted by molar-refractivity contribution is 7.16. The smallest absolute Gasteiger partial charge is 0.106 e.